The van der Waals surface area contributed by atoms with E-state index in [1.54, 1.807) is 36.4 Å². The second-order valence-corrected chi connectivity index (χ2v) is 7.29. The number of carbonyl (C=O) groups is 2. The van der Waals surface area contributed by atoms with E-state index in [0.29, 0.717) is 22.4 Å². The van der Waals surface area contributed by atoms with Gasteiger partial charge < -0.3 is 16.2 Å². The van der Waals surface area contributed by atoms with Gasteiger partial charge in [-0.3, -0.25) is 9.59 Å². The number of aryl methyl sites for hydroxylation is 1. The lowest BCUT2D eigenvalue weighted by atomic mass is 10.0. The predicted molar refractivity (Wildman–Crippen MR) is 109 cm³/mol. The molecule has 1 aliphatic rings. The first-order valence-corrected chi connectivity index (χ1v) is 9.48. The fourth-order valence-corrected chi connectivity index (χ4v) is 3.17. The number of hydrogen-bond acceptors (Lipinski definition) is 5. The maximum atomic E-state index is 12.9. The van der Waals surface area contributed by atoms with Crippen LogP contribution in [-0.4, -0.2) is 32.6 Å². The molecule has 0 spiro atoms. The SMILES string of the molecule is Cc1ccc(C(=O)NC2CC2)cc1-n1ncc(C(=O)c2cccc(CO)c2)c1N. The van der Waals surface area contributed by atoms with Gasteiger partial charge in [-0.05, 0) is 49.1 Å². The fraction of sp³-hybridized carbons (Fsp3) is 0.227. The third kappa shape index (κ3) is 3.77. The Morgan fingerprint density at radius 1 is 1.21 bits per heavy atom. The normalized spacial score (nSPS) is 13.3. The summed E-state index contributed by atoms with van der Waals surface area (Å²) in [7, 11) is 0. The van der Waals surface area contributed by atoms with Crippen LogP contribution in [0.4, 0.5) is 5.82 Å². The van der Waals surface area contributed by atoms with Crippen LogP contribution in [0.2, 0.25) is 0 Å². The highest BCUT2D eigenvalue weighted by molar-refractivity contribution is 6.11. The molecule has 148 valence electrons. The molecule has 4 N–H and O–H groups in total. The predicted octanol–water partition coefficient (Wildman–Crippen LogP) is 2.38. The van der Waals surface area contributed by atoms with Crippen LogP contribution in [-0.2, 0) is 6.61 Å². The van der Waals surface area contributed by atoms with E-state index in [-0.39, 0.29) is 35.7 Å². The van der Waals surface area contributed by atoms with Crippen molar-refractivity contribution in [2.75, 3.05) is 5.73 Å². The van der Waals surface area contributed by atoms with Gasteiger partial charge in [0.05, 0.1) is 24.1 Å². The lowest BCUT2D eigenvalue weighted by Gasteiger charge is -2.11. The number of aliphatic hydroxyl groups excluding tert-OH is 1. The van der Waals surface area contributed by atoms with Crippen LogP contribution < -0.4 is 11.1 Å². The Hall–Kier alpha value is -3.45. The van der Waals surface area contributed by atoms with Crippen molar-refractivity contribution in [3.63, 3.8) is 0 Å². The molecule has 1 heterocycles. The number of nitrogen functional groups attached to an aromatic ring is 1. The maximum Gasteiger partial charge on any atom is 0.251 e. The molecule has 1 aliphatic carbocycles. The number of nitrogens with zero attached hydrogens (tertiary/aromatic N) is 2. The molecule has 29 heavy (non-hydrogen) atoms. The van der Waals surface area contributed by atoms with E-state index >= 15 is 0 Å². The van der Waals surface area contributed by atoms with Crippen molar-refractivity contribution in [1.29, 1.82) is 0 Å². The van der Waals surface area contributed by atoms with E-state index in [0.717, 1.165) is 18.4 Å². The second kappa shape index (κ2) is 7.52. The number of carbonyl (C=O) groups excluding carboxylic acids is 2. The number of aliphatic hydroxyl groups is 1. The molecule has 0 saturated heterocycles. The molecule has 1 saturated carbocycles. The molecule has 0 unspecified atom stereocenters. The Bertz CT molecular complexity index is 1100. The van der Waals surface area contributed by atoms with Gasteiger partial charge in [0.15, 0.2) is 5.78 Å². The molecule has 0 atom stereocenters. The summed E-state index contributed by atoms with van der Waals surface area (Å²) < 4.78 is 1.48. The highest BCUT2D eigenvalue weighted by atomic mass is 16.3. The highest BCUT2D eigenvalue weighted by Gasteiger charge is 2.24. The summed E-state index contributed by atoms with van der Waals surface area (Å²) in [6, 6.07) is 12.4. The highest BCUT2D eigenvalue weighted by Crippen LogP contribution is 2.25. The van der Waals surface area contributed by atoms with Crippen molar-refractivity contribution in [3.8, 4) is 5.69 Å². The molecule has 0 aliphatic heterocycles. The van der Waals surface area contributed by atoms with Crippen LogP contribution in [0.3, 0.4) is 0 Å². The van der Waals surface area contributed by atoms with Crippen LogP contribution in [0.1, 0.15) is 50.2 Å². The average Bonchev–Trinajstić information content (AvgIpc) is 3.47. The minimum atomic E-state index is -0.274. The number of rotatable bonds is 6. The smallest absolute Gasteiger partial charge is 0.251 e. The third-order valence-corrected chi connectivity index (χ3v) is 5.03. The van der Waals surface area contributed by atoms with Crippen LogP contribution in [0, 0.1) is 6.92 Å². The standard InChI is InChI=1S/C22H22N4O3/c1-13-5-6-16(22(29)25-17-7-8-17)10-19(13)26-21(23)18(11-24-26)20(28)15-4-2-3-14(9-15)12-27/h2-6,9-11,17,27H,7-8,12,23H2,1H3,(H,25,29). The quantitative estimate of drug-likeness (QED) is 0.560. The number of hydrogen-bond donors (Lipinski definition) is 3. The summed E-state index contributed by atoms with van der Waals surface area (Å²) in [5.74, 6) is -0.201. The number of ketones is 1. The lowest BCUT2D eigenvalue weighted by molar-refractivity contribution is 0.0950. The summed E-state index contributed by atoms with van der Waals surface area (Å²) in [6.45, 7) is 1.75. The monoisotopic (exact) mass is 390 g/mol. The molecule has 7 heteroatoms. The van der Waals surface area contributed by atoms with Gasteiger partial charge in [-0.25, -0.2) is 4.68 Å². The Morgan fingerprint density at radius 3 is 2.72 bits per heavy atom. The van der Waals surface area contributed by atoms with Gasteiger partial charge in [0.2, 0.25) is 0 Å². The average molecular weight is 390 g/mol. The van der Waals surface area contributed by atoms with Gasteiger partial charge in [-0.2, -0.15) is 5.10 Å². The van der Waals surface area contributed by atoms with E-state index in [4.69, 9.17) is 5.73 Å². The number of benzene rings is 2. The van der Waals surface area contributed by atoms with E-state index in [1.807, 2.05) is 13.0 Å². The first kappa shape index (κ1) is 18.9. The fourth-order valence-electron chi connectivity index (χ4n) is 3.17. The van der Waals surface area contributed by atoms with Crippen molar-refractivity contribution < 1.29 is 14.7 Å². The summed E-state index contributed by atoms with van der Waals surface area (Å²) in [5, 5.41) is 16.6. The minimum Gasteiger partial charge on any atom is -0.392 e. The molecule has 7 nitrogen and oxygen atoms in total. The molecule has 1 aromatic heterocycles. The molecular formula is C22H22N4O3. The number of nitrogens with one attached hydrogen (secondary N) is 1. The third-order valence-electron chi connectivity index (χ3n) is 5.03. The van der Waals surface area contributed by atoms with Crippen LogP contribution in [0.5, 0.6) is 0 Å². The summed E-state index contributed by atoms with van der Waals surface area (Å²) in [4.78, 5) is 25.3. The Morgan fingerprint density at radius 2 is 2.00 bits per heavy atom. The zero-order chi connectivity index (χ0) is 20.5. The van der Waals surface area contributed by atoms with E-state index in [9.17, 15) is 14.7 Å². The summed E-state index contributed by atoms with van der Waals surface area (Å²) in [6.07, 6.45) is 3.46. The minimum absolute atomic E-state index is 0.128. The van der Waals surface area contributed by atoms with Crippen molar-refractivity contribution >= 4 is 17.5 Å². The van der Waals surface area contributed by atoms with Crippen molar-refractivity contribution in [3.05, 3.63) is 76.5 Å². The van der Waals surface area contributed by atoms with Crippen LogP contribution in [0.25, 0.3) is 5.69 Å². The van der Waals surface area contributed by atoms with Crippen molar-refractivity contribution in [2.24, 2.45) is 0 Å². The molecular weight excluding hydrogens is 368 g/mol. The van der Waals surface area contributed by atoms with E-state index in [2.05, 4.69) is 10.4 Å². The Kier molecular flexibility index (Phi) is 4.90. The van der Waals surface area contributed by atoms with Crippen LogP contribution >= 0.6 is 0 Å². The van der Waals surface area contributed by atoms with Crippen molar-refractivity contribution in [2.45, 2.75) is 32.4 Å². The van der Waals surface area contributed by atoms with Gasteiger partial charge in [0.1, 0.15) is 5.82 Å². The molecule has 1 fully saturated rings. The molecule has 4 rings (SSSR count). The lowest BCUT2D eigenvalue weighted by Crippen LogP contribution is -2.25. The van der Waals surface area contributed by atoms with Gasteiger partial charge >= 0.3 is 0 Å². The summed E-state index contributed by atoms with van der Waals surface area (Å²) >= 11 is 0. The van der Waals surface area contributed by atoms with Crippen molar-refractivity contribution in [1.82, 2.24) is 15.1 Å². The number of amides is 1. The molecule has 0 bridgehead atoms. The van der Waals surface area contributed by atoms with Crippen LogP contribution in [0.15, 0.2) is 48.7 Å². The summed E-state index contributed by atoms with van der Waals surface area (Å²) in [5.41, 5.74) is 9.65. The van der Waals surface area contributed by atoms with Gasteiger partial charge in [-0.15, -0.1) is 0 Å². The molecule has 1 amide bonds. The topological polar surface area (TPSA) is 110 Å². The zero-order valence-electron chi connectivity index (χ0n) is 16.1. The number of aromatic nitrogens is 2. The number of anilines is 1. The second-order valence-electron chi connectivity index (χ2n) is 7.29. The molecule has 0 radical (unpaired) electrons. The zero-order valence-corrected chi connectivity index (χ0v) is 16.1. The Balaban J connectivity index is 1.67. The first-order chi connectivity index (χ1) is 14.0. The molecule has 3 aromatic rings. The first-order valence-electron chi connectivity index (χ1n) is 9.48. The van der Waals surface area contributed by atoms with Gasteiger partial charge in [-0.1, -0.05) is 24.3 Å². The Labute approximate surface area is 168 Å². The maximum absolute atomic E-state index is 12.9. The number of nitrogens with two attached hydrogens (primary N) is 1. The van der Waals surface area contributed by atoms with Gasteiger partial charge in [0.25, 0.3) is 5.91 Å². The molecule has 2 aromatic carbocycles. The largest absolute Gasteiger partial charge is 0.392 e. The van der Waals surface area contributed by atoms with E-state index < -0.39 is 0 Å². The van der Waals surface area contributed by atoms with Gasteiger partial charge in [0, 0.05) is 17.2 Å². The van der Waals surface area contributed by atoms with E-state index in [1.165, 1.54) is 10.9 Å².